The summed E-state index contributed by atoms with van der Waals surface area (Å²) < 4.78 is 6.24. The fourth-order valence-electron chi connectivity index (χ4n) is 2.83. The van der Waals surface area contributed by atoms with Crippen molar-refractivity contribution in [3.8, 4) is 5.75 Å². The molecule has 0 aliphatic carbocycles. The molecule has 1 aromatic heterocycles. The van der Waals surface area contributed by atoms with Crippen LogP contribution in [0.1, 0.15) is 5.56 Å². The number of amides is 1. The largest absolute Gasteiger partial charge is 0.497 e. The molecule has 27 heavy (non-hydrogen) atoms. The van der Waals surface area contributed by atoms with E-state index < -0.39 is 0 Å². The summed E-state index contributed by atoms with van der Waals surface area (Å²) in [5, 5.41) is 6.56. The van der Waals surface area contributed by atoms with Crippen molar-refractivity contribution in [3.05, 3.63) is 65.9 Å². The molecule has 0 unspecified atom stereocenters. The number of thiazole rings is 1. The van der Waals surface area contributed by atoms with E-state index >= 15 is 0 Å². The minimum atomic E-state index is -0.187. The lowest BCUT2D eigenvalue weighted by Crippen LogP contribution is -2.22. The highest BCUT2D eigenvalue weighted by Crippen LogP contribution is 2.33. The Balaban J connectivity index is 1.80. The third-order valence-corrected chi connectivity index (χ3v) is 5.10. The molecular weight excluding hydrogens is 360 g/mol. The number of anilines is 1. The van der Waals surface area contributed by atoms with Crippen LogP contribution >= 0.6 is 11.3 Å². The fraction of sp³-hybridized carbons (Fsp3) is 0.150. The molecule has 0 radical (unpaired) electrons. The van der Waals surface area contributed by atoms with Crippen molar-refractivity contribution in [2.24, 2.45) is 5.10 Å². The van der Waals surface area contributed by atoms with Gasteiger partial charge in [0.05, 0.1) is 22.9 Å². The van der Waals surface area contributed by atoms with E-state index in [-0.39, 0.29) is 5.91 Å². The Kier molecular flexibility index (Phi) is 4.37. The SMILES string of the molecule is COc1ccc(C2=NN(c3nc4ccccc4s3)C(=O)C2=CN(C)C)cc1. The number of rotatable bonds is 4. The Hall–Kier alpha value is -3.19. The predicted molar refractivity (Wildman–Crippen MR) is 108 cm³/mol. The van der Waals surface area contributed by atoms with Gasteiger partial charge in [0.25, 0.3) is 5.91 Å². The minimum absolute atomic E-state index is 0.187. The number of ether oxygens (including phenoxy) is 1. The Morgan fingerprint density at radius 1 is 1.11 bits per heavy atom. The van der Waals surface area contributed by atoms with Crippen molar-refractivity contribution < 1.29 is 9.53 Å². The Labute approximate surface area is 161 Å². The molecule has 0 atom stereocenters. The number of fused-ring (bicyclic) bond motifs is 1. The maximum Gasteiger partial charge on any atom is 0.284 e. The van der Waals surface area contributed by atoms with Gasteiger partial charge in [-0.25, -0.2) is 4.98 Å². The summed E-state index contributed by atoms with van der Waals surface area (Å²) in [6.45, 7) is 0. The molecule has 0 spiro atoms. The zero-order valence-electron chi connectivity index (χ0n) is 15.2. The van der Waals surface area contributed by atoms with Gasteiger partial charge in [0, 0.05) is 25.9 Å². The van der Waals surface area contributed by atoms with Gasteiger partial charge in [0.2, 0.25) is 5.13 Å². The van der Waals surface area contributed by atoms with Crippen molar-refractivity contribution in [3.63, 3.8) is 0 Å². The van der Waals surface area contributed by atoms with Crippen LogP contribution in [0.3, 0.4) is 0 Å². The first-order valence-corrected chi connectivity index (χ1v) is 9.20. The topological polar surface area (TPSA) is 58.0 Å². The fourth-order valence-corrected chi connectivity index (χ4v) is 3.75. The van der Waals surface area contributed by atoms with E-state index in [0.29, 0.717) is 16.4 Å². The highest BCUT2D eigenvalue weighted by atomic mass is 32.1. The van der Waals surface area contributed by atoms with Gasteiger partial charge in [-0.1, -0.05) is 23.5 Å². The van der Waals surface area contributed by atoms with E-state index in [2.05, 4.69) is 10.1 Å². The monoisotopic (exact) mass is 378 g/mol. The molecule has 0 saturated carbocycles. The molecule has 2 aromatic carbocycles. The van der Waals surface area contributed by atoms with Crippen LogP contribution in [0.25, 0.3) is 10.2 Å². The van der Waals surface area contributed by atoms with E-state index in [1.54, 1.807) is 13.3 Å². The minimum Gasteiger partial charge on any atom is -0.497 e. The molecule has 0 N–H and O–H groups in total. The van der Waals surface area contributed by atoms with Gasteiger partial charge in [-0.3, -0.25) is 4.79 Å². The number of benzene rings is 2. The van der Waals surface area contributed by atoms with E-state index in [4.69, 9.17) is 4.74 Å². The highest BCUT2D eigenvalue weighted by Gasteiger charge is 2.34. The number of para-hydroxylation sites is 1. The van der Waals surface area contributed by atoms with Crippen LogP contribution < -0.4 is 9.75 Å². The molecule has 0 bridgehead atoms. The average molecular weight is 378 g/mol. The second-order valence-electron chi connectivity index (χ2n) is 6.26. The summed E-state index contributed by atoms with van der Waals surface area (Å²) in [6, 6.07) is 15.3. The molecule has 0 fully saturated rings. The molecule has 7 heteroatoms. The number of hydrazone groups is 1. The molecular formula is C20H18N4O2S. The maximum atomic E-state index is 13.1. The van der Waals surface area contributed by atoms with Crippen LogP contribution in [0, 0.1) is 0 Å². The number of aromatic nitrogens is 1. The van der Waals surface area contributed by atoms with E-state index in [0.717, 1.165) is 21.5 Å². The first-order chi connectivity index (χ1) is 13.1. The lowest BCUT2D eigenvalue weighted by molar-refractivity contribution is -0.114. The second-order valence-corrected chi connectivity index (χ2v) is 7.27. The molecule has 3 aromatic rings. The normalized spacial score (nSPS) is 15.5. The Morgan fingerprint density at radius 2 is 1.85 bits per heavy atom. The average Bonchev–Trinajstić information content (AvgIpc) is 3.23. The van der Waals surface area contributed by atoms with Crippen LogP contribution in [0.5, 0.6) is 5.75 Å². The summed E-state index contributed by atoms with van der Waals surface area (Å²) in [5.74, 6) is 0.568. The van der Waals surface area contributed by atoms with Crippen LogP contribution in [0.4, 0.5) is 5.13 Å². The quantitative estimate of drug-likeness (QED) is 0.652. The number of methoxy groups -OCH3 is 1. The number of carbonyl (C=O) groups is 1. The zero-order chi connectivity index (χ0) is 19.0. The molecule has 1 aliphatic rings. The highest BCUT2D eigenvalue weighted by molar-refractivity contribution is 7.22. The van der Waals surface area contributed by atoms with E-state index in [9.17, 15) is 4.79 Å². The zero-order valence-corrected chi connectivity index (χ0v) is 16.0. The second kappa shape index (κ2) is 6.85. The lowest BCUT2D eigenvalue weighted by atomic mass is 10.0. The number of nitrogens with zero attached hydrogens (tertiary/aromatic N) is 4. The number of carbonyl (C=O) groups excluding carboxylic acids is 1. The van der Waals surface area contributed by atoms with Crippen LogP contribution in [-0.2, 0) is 4.79 Å². The number of hydrogen-bond acceptors (Lipinski definition) is 6. The van der Waals surface area contributed by atoms with Crippen LogP contribution in [0.15, 0.2) is 65.4 Å². The van der Waals surface area contributed by atoms with Gasteiger partial charge >= 0.3 is 0 Å². The summed E-state index contributed by atoms with van der Waals surface area (Å²) in [5.41, 5.74) is 2.86. The van der Waals surface area contributed by atoms with Gasteiger partial charge in [-0.05, 0) is 36.4 Å². The smallest absolute Gasteiger partial charge is 0.284 e. The van der Waals surface area contributed by atoms with Crippen molar-refractivity contribution >= 4 is 38.3 Å². The molecule has 6 nitrogen and oxygen atoms in total. The van der Waals surface area contributed by atoms with Crippen molar-refractivity contribution in [1.29, 1.82) is 0 Å². The molecule has 4 rings (SSSR count). The van der Waals surface area contributed by atoms with Crippen molar-refractivity contribution in [1.82, 2.24) is 9.88 Å². The van der Waals surface area contributed by atoms with E-state index in [1.807, 2.05) is 67.5 Å². The summed E-state index contributed by atoms with van der Waals surface area (Å²) in [7, 11) is 5.39. The summed E-state index contributed by atoms with van der Waals surface area (Å²) >= 11 is 1.45. The van der Waals surface area contributed by atoms with Crippen LogP contribution in [-0.4, -0.2) is 42.7 Å². The first-order valence-electron chi connectivity index (χ1n) is 8.38. The van der Waals surface area contributed by atoms with Gasteiger partial charge < -0.3 is 9.64 Å². The Morgan fingerprint density at radius 3 is 2.52 bits per heavy atom. The van der Waals surface area contributed by atoms with Gasteiger partial charge in [-0.15, -0.1) is 0 Å². The summed E-state index contributed by atoms with van der Waals surface area (Å²) in [4.78, 5) is 19.5. The predicted octanol–water partition coefficient (Wildman–Crippen LogP) is 3.50. The molecule has 1 aliphatic heterocycles. The third kappa shape index (κ3) is 3.17. The molecule has 2 heterocycles. The molecule has 0 saturated heterocycles. The van der Waals surface area contributed by atoms with Crippen molar-refractivity contribution in [2.75, 3.05) is 26.2 Å². The number of hydrogen-bond donors (Lipinski definition) is 0. The first kappa shape index (κ1) is 17.2. The van der Waals surface area contributed by atoms with Gasteiger partial charge in [-0.2, -0.15) is 10.1 Å². The lowest BCUT2D eigenvalue weighted by Gasteiger charge is -2.09. The standard InChI is InChI=1S/C20H18N4O2S/c1-23(2)12-15-18(13-8-10-14(26-3)11-9-13)22-24(19(15)25)20-21-16-6-4-5-7-17(16)27-20/h4-12H,1-3H3. The summed E-state index contributed by atoms with van der Waals surface area (Å²) in [6.07, 6.45) is 1.79. The molecule has 1 amide bonds. The third-order valence-electron chi connectivity index (χ3n) is 4.09. The van der Waals surface area contributed by atoms with Crippen molar-refractivity contribution in [2.45, 2.75) is 0 Å². The van der Waals surface area contributed by atoms with Gasteiger partial charge in [0.1, 0.15) is 11.5 Å². The Bertz CT molecular complexity index is 1030. The maximum absolute atomic E-state index is 13.1. The molecule has 136 valence electrons. The van der Waals surface area contributed by atoms with Crippen LogP contribution in [0.2, 0.25) is 0 Å². The van der Waals surface area contributed by atoms with E-state index in [1.165, 1.54) is 16.3 Å². The van der Waals surface area contributed by atoms with Gasteiger partial charge in [0.15, 0.2) is 0 Å².